The number of nitrogens with one attached hydrogen (secondary N) is 1. The van der Waals surface area contributed by atoms with Crippen molar-refractivity contribution in [2.24, 2.45) is 0 Å². The molecule has 8 nitrogen and oxygen atoms in total. The van der Waals surface area contributed by atoms with E-state index in [-0.39, 0.29) is 19.1 Å². The molecule has 0 rings (SSSR count). The number of phosphoric acid groups is 1. The summed E-state index contributed by atoms with van der Waals surface area (Å²) in [6.45, 7) is 4.65. The maximum Gasteiger partial charge on any atom is 0.268 e. The Hall–Kier alpha value is -0.760. The average Bonchev–Trinajstić information content (AvgIpc) is 2.97. The van der Waals surface area contributed by atoms with E-state index in [1.165, 1.54) is 83.5 Å². The monoisotopic (exact) mass is 661 g/mol. The summed E-state index contributed by atoms with van der Waals surface area (Å²) in [5.74, 6) is -0.178. The molecule has 0 aliphatic carbocycles. The molecule has 0 aromatic carbocycles. The third-order valence-electron chi connectivity index (χ3n) is 8.25. The Balaban J connectivity index is 4.46. The van der Waals surface area contributed by atoms with Crippen molar-refractivity contribution in [2.75, 3.05) is 40.9 Å². The highest BCUT2D eigenvalue weighted by molar-refractivity contribution is 7.45. The number of likely N-dealkylation sites (N-methyl/N-ethyl adjacent to an activating group) is 1. The van der Waals surface area contributed by atoms with E-state index in [0.717, 1.165) is 51.4 Å². The van der Waals surface area contributed by atoms with Crippen LogP contribution in [-0.2, 0) is 18.4 Å². The van der Waals surface area contributed by atoms with Gasteiger partial charge in [-0.05, 0) is 38.5 Å². The average molecular weight is 661 g/mol. The van der Waals surface area contributed by atoms with Gasteiger partial charge in [0.1, 0.15) is 13.2 Å². The molecule has 1 amide bonds. The first-order valence-corrected chi connectivity index (χ1v) is 20.0. The van der Waals surface area contributed by atoms with E-state index in [4.69, 9.17) is 9.05 Å². The van der Waals surface area contributed by atoms with Gasteiger partial charge in [0.15, 0.2) is 0 Å². The van der Waals surface area contributed by atoms with Crippen LogP contribution in [0.25, 0.3) is 0 Å². The largest absolute Gasteiger partial charge is 0.756 e. The van der Waals surface area contributed by atoms with Gasteiger partial charge in [-0.1, -0.05) is 129 Å². The Kier molecular flexibility index (Phi) is 28.9. The zero-order valence-electron chi connectivity index (χ0n) is 30.1. The van der Waals surface area contributed by atoms with Crippen LogP contribution in [0, 0.1) is 0 Å². The Labute approximate surface area is 278 Å². The van der Waals surface area contributed by atoms with Gasteiger partial charge < -0.3 is 28.8 Å². The van der Waals surface area contributed by atoms with Crippen LogP contribution < -0.4 is 10.2 Å². The first-order valence-electron chi connectivity index (χ1n) is 18.5. The Morgan fingerprint density at radius 3 is 1.73 bits per heavy atom. The normalized spacial score (nSPS) is 14.9. The van der Waals surface area contributed by atoms with Gasteiger partial charge >= 0.3 is 0 Å². The SMILES string of the molecule is CCCCCCC/C=C/CCCCCCCC(=O)N[C@@H](COP(=O)([O-])OCC[N+](C)(C)C)[C@H](O)CCCCCCCCCCC. The minimum atomic E-state index is -4.55. The predicted molar refractivity (Wildman–Crippen MR) is 187 cm³/mol. The molecular weight excluding hydrogens is 587 g/mol. The van der Waals surface area contributed by atoms with E-state index in [0.29, 0.717) is 23.9 Å². The van der Waals surface area contributed by atoms with Crippen LogP contribution in [0.4, 0.5) is 0 Å². The molecule has 0 heterocycles. The Bertz CT molecular complexity index is 758. The molecule has 9 heteroatoms. The van der Waals surface area contributed by atoms with E-state index < -0.39 is 20.0 Å². The summed E-state index contributed by atoms with van der Waals surface area (Å²) in [5.41, 5.74) is 0. The quantitative estimate of drug-likeness (QED) is 0.0316. The number of hydrogen-bond donors (Lipinski definition) is 2. The molecule has 0 saturated carbocycles. The maximum absolute atomic E-state index is 12.7. The van der Waals surface area contributed by atoms with Crippen LogP contribution in [0.1, 0.15) is 162 Å². The molecule has 0 aliphatic rings. The molecular formula is C36H73N2O6P. The summed E-state index contributed by atoms with van der Waals surface area (Å²) in [4.78, 5) is 25.1. The molecule has 0 aromatic heterocycles. The van der Waals surface area contributed by atoms with E-state index in [2.05, 4.69) is 31.3 Å². The molecule has 0 bridgehead atoms. The van der Waals surface area contributed by atoms with Crippen LogP contribution in [0.2, 0.25) is 0 Å². The first kappa shape index (κ1) is 44.2. The molecule has 0 aliphatic heterocycles. The summed E-state index contributed by atoms with van der Waals surface area (Å²) in [7, 11) is 1.30. The Morgan fingerprint density at radius 2 is 1.22 bits per heavy atom. The molecule has 0 spiro atoms. The lowest BCUT2D eigenvalue weighted by Gasteiger charge is -2.30. The number of phosphoric ester groups is 1. The summed E-state index contributed by atoms with van der Waals surface area (Å²) >= 11 is 0. The fourth-order valence-corrected chi connectivity index (χ4v) is 5.93. The number of carbonyl (C=O) groups is 1. The van der Waals surface area contributed by atoms with Gasteiger partial charge in [-0.15, -0.1) is 0 Å². The number of amides is 1. The Morgan fingerprint density at radius 1 is 0.756 bits per heavy atom. The van der Waals surface area contributed by atoms with Crippen molar-refractivity contribution in [3.8, 4) is 0 Å². The number of nitrogens with zero attached hydrogens (tertiary/aromatic N) is 1. The minimum Gasteiger partial charge on any atom is -0.756 e. The van der Waals surface area contributed by atoms with Gasteiger partial charge in [-0.3, -0.25) is 9.36 Å². The lowest BCUT2D eigenvalue weighted by Crippen LogP contribution is -2.46. The van der Waals surface area contributed by atoms with Crippen LogP contribution in [0.15, 0.2) is 12.2 Å². The lowest BCUT2D eigenvalue weighted by atomic mass is 10.0. The summed E-state index contributed by atoms with van der Waals surface area (Å²) < 4.78 is 23.1. The van der Waals surface area contributed by atoms with E-state index in [9.17, 15) is 19.4 Å². The first-order chi connectivity index (χ1) is 21.5. The summed E-state index contributed by atoms with van der Waals surface area (Å²) in [6, 6.07) is -0.797. The van der Waals surface area contributed by atoms with E-state index >= 15 is 0 Å². The van der Waals surface area contributed by atoms with E-state index in [1.807, 2.05) is 21.1 Å². The van der Waals surface area contributed by atoms with Gasteiger partial charge in [0, 0.05) is 6.42 Å². The highest BCUT2D eigenvalue weighted by Crippen LogP contribution is 2.38. The van der Waals surface area contributed by atoms with Gasteiger partial charge in [-0.25, -0.2) is 0 Å². The second-order valence-electron chi connectivity index (χ2n) is 13.9. The maximum atomic E-state index is 12.7. The minimum absolute atomic E-state index is 0.0116. The molecule has 1 unspecified atom stereocenters. The number of aliphatic hydroxyl groups is 1. The predicted octanol–water partition coefficient (Wildman–Crippen LogP) is 8.61. The third-order valence-corrected chi connectivity index (χ3v) is 9.22. The van der Waals surface area contributed by atoms with Gasteiger partial charge in [-0.2, -0.15) is 0 Å². The van der Waals surface area contributed by atoms with Crippen molar-refractivity contribution in [1.29, 1.82) is 0 Å². The fraction of sp³-hybridized carbons (Fsp3) is 0.917. The summed E-state index contributed by atoms with van der Waals surface area (Å²) in [5, 5.41) is 13.8. The van der Waals surface area contributed by atoms with Crippen molar-refractivity contribution in [1.82, 2.24) is 5.32 Å². The highest BCUT2D eigenvalue weighted by Gasteiger charge is 2.24. The van der Waals surface area contributed by atoms with Gasteiger partial charge in [0.25, 0.3) is 7.82 Å². The molecule has 3 atom stereocenters. The van der Waals surface area contributed by atoms with Gasteiger partial charge in [0.2, 0.25) is 5.91 Å². The zero-order chi connectivity index (χ0) is 33.7. The molecule has 0 fully saturated rings. The number of allylic oxidation sites excluding steroid dienone is 2. The second kappa shape index (κ2) is 29.4. The number of rotatable bonds is 33. The van der Waals surface area contributed by atoms with Crippen molar-refractivity contribution in [3.05, 3.63) is 12.2 Å². The smallest absolute Gasteiger partial charge is 0.268 e. The number of hydrogen-bond acceptors (Lipinski definition) is 6. The fourth-order valence-electron chi connectivity index (χ4n) is 5.21. The number of unbranched alkanes of at least 4 members (excludes halogenated alkanes) is 18. The van der Waals surface area contributed by atoms with Crippen molar-refractivity contribution < 1.29 is 32.9 Å². The molecule has 45 heavy (non-hydrogen) atoms. The van der Waals surface area contributed by atoms with Crippen LogP contribution in [0.3, 0.4) is 0 Å². The molecule has 0 radical (unpaired) electrons. The standard InChI is InChI=1S/C36H73N2O6P/c1-6-8-10-12-14-16-17-18-19-20-22-24-26-28-30-36(40)37-34(33-44-45(41,42)43-32-31-38(3,4)5)35(39)29-27-25-23-21-15-13-11-9-7-2/h17-18,34-35,39H,6-16,19-33H2,1-5H3,(H-,37,40,41,42)/b18-17+/t34-,35+/m0/s1. The highest BCUT2D eigenvalue weighted by atomic mass is 31.2. The topological polar surface area (TPSA) is 108 Å². The number of aliphatic hydroxyl groups excluding tert-OH is 1. The third kappa shape index (κ3) is 31.6. The summed E-state index contributed by atoms with van der Waals surface area (Å²) in [6.07, 6.45) is 29.2. The van der Waals surface area contributed by atoms with Crippen LogP contribution in [-0.4, -0.2) is 68.5 Å². The molecule has 268 valence electrons. The number of carbonyl (C=O) groups excluding carboxylic acids is 1. The molecule has 0 saturated heterocycles. The second-order valence-corrected chi connectivity index (χ2v) is 15.3. The molecule has 0 aromatic rings. The van der Waals surface area contributed by atoms with Crippen LogP contribution >= 0.6 is 7.82 Å². The van der Waals surface area contributed by atoms with Crippen molar-refractivity contribution in [3.63, 3.8) is 0 Å². The molecule has 2 N–H and O–H groups in total. The zero-order valence-corrected chi connectivity index (χ0v) is 31.0. The van der Waals surface area contributed by atoms with E-state index in [1.54, 1.807) is 0 Å². The van der Waals surface area contributed by atoms with Crippen molar-refractivity contribution in [2.45, 2.75) is 174 Å². The van der Waals surface area contributed by atoms with Gasteiger partial charge in [0.05, 0.1) is 39.9 Å². The number of quaternary nitrogens is 1. The van der Waals surface area contributed by atoms with Crippen LogP contribution in [0.5, 0.6) is 0 Å². The lowest BCUT2D eigenvalue weighted by molar-refractivity contribution is -0.870. The van der Waals surface area contributed by atoms with Crippen molar-refractivity contribution >= 4 is 13.7 Å².